The molecular weight excluding hydrogens is 400 g/mol. The van der Waals surface area contributed by atoms with Crippen LogP contribution in [0.1, 0.15) is 5.56 Å². The zero-order chi connectivity index (χ0) is 20.5. The van der Waals surface area contributed by atoms with Gasteiger partial charge in [-0.3, -0.25) is 10.1 Å². The van der Waals surface area contributed by atoms with Gasteiger partial charge in [0.2, 0.25) is 0 Å². The molecule has 3 atom stereocenters. The molecule has 1 aromatic carbocycles. The second-order valence-corrected chi connectivity index (χ2v) is 8.86. The highest BCUT2D eigenvalue weighted by molar-refractivity contribution is 8.15. The largest absolute Gasteiger partial charge is 0.494 e. The summed E-state index contributed by atoms with van der Waals surface area (Å²) in [5.41, 5.74) is 2.14. The van der Waals surface area contributed by atoms with Crippen LogP contribution in [0.2, 0.25) is 0 Å². The summed E-state index contributed by atoms with van der Waals surface area (Å²) in [5, 5.41) is 8.09. The van der Waals surface area contributed by atoms with E-state index in [1.165, 1.54) is 0 Å². The maximum Gasteiger partial charge on any atom is 0.180 e. The van der Waals surface area contributed by atoms with Crippen LogP contribution >= 0.6 is 11.8 Å². The van der Waals surface area contributed by atoms with E-state index in [0.29, 0.717) is 13.2 Å². The fourth-order valence-corrected chi connectivity index (χ4v) is 4.88. The molecule has 8 heteroatoms. The number of rotatable bonds is 6. The normalized spacial score (nSPS) is 24.8. The van der Waals surface area contributed by atoms with Gasteiger partial charge in [0.15, 0.2) is 17.6 Å². The molecule has 1 aromatic heterocycles. The first-order valence-electron chi connectivity index (χ1n) is 10.0. The number of fused-ring (bicyclic) bond motifs is 2. The standard InChI is InChI=1S/C22H24N4O3S/c1-26(2)7-8-27-18-9-14(15-11-23-24-12-15)10-20-21(18)25-22(30-20)19-13-28-16-5-3-4-6-17(16)29-19/h3-6,9-12,19-21H,7-8,13H2,1-2H3,(H,23,24). The van der Waals surface area contributed by atoms with Crippen LogP contribution in [0.15, 0.2) is 59.6 Å². The van der Waals surface area contributed by atoms with Crippen molar-refractivity contribution in [1.29, 1.82) is 0 Å². The van der Waals surface area contributed by atoms with Gasteiger partial charge in [-0.2, -0.15) is 5.10 Å². The number of ether oxygens (including phenoxy) is 3. The predicted octanol–water partition coefficient (Wildman–Crippen LogP) is 2.99. The topological polar surface area (TPSA) is 72.0 Å². The molecule has 0 saturated carbocycles. The number of nitrogens with zero attached hydrogens (tertiary/aromatic N) is 3. The number of aliphatic imine (C=N–C) groups is 1. The summed E-state index contributed by atoms with van der Waals surface area (Å²) in [6.45, 7) is 1.92. The molecule has 0 bridgehead atoms. The number of hydrogen-bond donors (Lipinski definition) is 1. The minimum atomic E-state index is -0.204. The molecule has 1 N–H and O–H groups in total. The van der Waals surface area contributed by atoms with Crippen molar-refractivity contribution in [2.45, 2.75) is 17.4 Å². The van der Waals surface area contributed by atoms with Crippen molar-refractivity contribution in [2.75, 3.05) is 33.9 Å². The molecule has 5 rings (SSSR count). The van der Waals surface area contributed by atoms with Crippen LogP contribution in [-0.2, 0) is 4.74 Å². The molecular formula is C22H24N4O3S. The number of aromatic amines is 1. The molecule has 0 fully saturated rings. The molecule has 3 heterocycles. The monoisotopic (exact) mass is 424 g/mol. The van der Waals surface area contributed by atoms with Gasteiger partial charge in [0.1, 0.15) is 30.1 Å². The summed E-state index contributed by atoms with van der Waals surface area (Å²) in [4.78, 5) is 7.11. The van der Waals surface area contributed by atoms with Gasteiger partial charge >= 0.3 is 0 Å². The first-order valence-corrected chi connectivity index (χ1v) is 10.9. The molecule has 0 spiro atoms. The maximum atomic E-state index is 6.19. The Morgan fingerprint density at radius 3 is 2.93 bits per heavy atom. The van der Waals surface area contributed by atoms with Crippen LogP contribution < -0.4 is 9.47 Å². The molecule has 7 nitrogen and oxygen atoms in total. The van der Waals surface area contributed by atoms with Gasteiger partial charge in [-0.25, -0.2) is 0 Å². The van der Waals surface area contributed by atoms with E-state index in [1.54, 1.807) is 11.8 Å². The third kappa shape index (κ3) is 3.85. The van der Waals surface area contributed by atoms with Gasteiger partial charge in [0, 0.05) is 18.3 Å². The van der Waals surface area contributed by atoms with Crippen molar-refractivity contribution in [3.63, 3.8) is 0 Å². The minimum absolute atomic E-state index is 0.0522. The smallest absolute Gasteiger partial charge is 0.180 e. The molecule has 2 aliphatic heterocycles. The Hall–Kier alpha value is -2.71. The highest BCUT2D eigenvalue weighted by Crippen LogP contribution is 2.41. The van der Waals surface area contributed by atoms with Gasteiger partial charge in [-0.1, -0.05) is 30.0 Å². The molecule has 0 amide bonds. The maximum absolute atomic E-state index is 6.19. The van der Waals surface area contributed by atoms with Crippen LogP contribution in [-0.4, -0.2) is 71.4 Å². The molecule has 0 radical (unpaired) electrons. The van der Waals surface area contributed by atoms with E-state index in [2.05, 4.69) is 27.2 Å². The summed E-state index contributed by atoms with van der Waals surface area (Å²) < 4.78 is 18.3. The third-order valence-electron chi connectivity index (χ3n) is 5.19. The number of aromatic nitrogens is 2. The summed E-state index contributed by atoms with van der Waals surface area (Å²) in [6.07, 6.45) is 7.85. The quantitative estimate of drug-likeness (QED) is 0.769. The van der Waals surface area contributed by atoms with E-state index in [4.69, 9.17) is 19.2 Å². The zero-order valence-electron chi connectivity index (χ0n) is 16.9. The number of thioether (sulfide) groups is 1. The Morgan fingerprint density at radius 2 is 2.13 bits per heavy atom. The van der Waals surface area contributed by atoms with Crippen LogP contribution in [0.3, 0.4) is 0 Å². The highest BCUT2D eigenvalue weighted by Gasteiger charge is 2.40. The van der Waals surface area contributed by atoms with Gasteiger partial charge in [0.25, 0.3) is 0 Å². The van der Waals surface area contributed by atoms with Crippen molar-refractivity contribution < 1.29 is 14.2 Å². The lowest BCUT2D eigenvalue weighted by molar-refractivity contribution is 0.136. The van der Waals surface area contributed by atoms with E-state index < -0.39 is 0 Å². The van der Waals surface area contributed by atoms with E-state index >= 15 is 0 Å². The number of H-pyrrole nitrogens is 1. The van der Waals surface area contributed by atoms with E-state index in [-0.39, 0.29) is 17.4 Å². The van der Waals surface area contributed by atoms with Gasteiger partial charge < -0.3 is 19.1 Å². The summed E-state index contributed by atoms with van der Waals surface area (Å²) in [5.74, 6) is 2.43. The van der Waals surface area contributed by atoms with E-state index in [0.717, 1.165) is 40.0 Å². The molecule has 0 saturated heterocycles. The number of para-hydroxylation sites is 2. The molecule has 1 aliphatic carbocycles. The van der Waals surface area contributed by atoms with Crippen molar-refractivity contribution in [2.24, 2.45) is 4.99 Å². The van der Waals surface area contributed by atoms with Crippen LogP contribution in [0, 0.1) is 0 Å². The van der Waals surface area contributed by atoms with E-state index in [9.17, 15) is 0 Å². The predicted molar refractivity (Wildman–Crippen MR) is 118 cm³/mol. The second kappa shape index (κ2) is 8.20. The fourth-order valence-electron chi connectivity index (χ4n) is 3.62. The molecule has 30 heavy (non-hydrogen) atoms. The average molecular weight is 425 g/mol. The highest BCUT2D eigenvalue weighted by atomic mass is 32.2. The Bertz CT molecular complexity index is 1000. The Morgan fingerprint density at radius 1 is 1.27 bits per heavy atom. The number of allylic oxidation sites excluding steroid dienone is 2. The molecule has 3 aliphatic rings. The summed E-state index contributed by atoms with van der Waals surface area (Å²) in [7, 11) is 4.08. The first-order chi connectivity index (χ1) is 14.7. The Balaban J connectivity index is 1.38. The Labute approximate surface area is 179 Å². The van der Waals surface area contributed by atoms with Gasteiger partial charge in [-0.15, -0.1) is 0 Å². The fraction of sp³-hybridized carbons (Fsp3) is 0.364. The lowest BCUT2D eigenvalue weighted by Gasteiger charge is -2.26. The number of hydrogen-bond acceptors (Lipinski definition) is 7. The first kappa shape index (κ1) is 19.3. The lowest BCUT2D eigenvalue weighted by Crippen LogP contribution is -2.34. The molecule has 156 valence electrons. The van der Waals surface area contributed by atoms with Gasteiger partial charge in [-0.05, 0) is 37.9 Å². The third-order valence-corrected chi connectivity index (χ3v) is 6.47. The summed E-state index contributed by atoms with van der Waals surface area (Å²) in [6, 6.07) is 7.70. The zero-order valence-corrected chi connectivity index (χ0v) is 17.8. The SMILES string of the molecule is CN(C)CCOC1=CC(c2cn[nH]c2)=CC2SC(C3COc4ccccc4O3)=NC12. The minimum Gasteiger partial charge on any atom is -0.494 e. The van der Waals surface area contributed by atoms with Crippen molar-refractivity contribution >= 4 is 22.4 Å². The second-order valence-electron chi connectivity index (χ2n) is 7.67. The number of benzene rings is 1. The summed E-state index contributed by atoms with van der Waals surface area (Å²) >= 11 is 1.73. The van der Waals surface area contributed by atoms with Crippen molar-refractivity contribution in [1.82, 2.24) is 15.1 Å². The van der Waals surface area contributed by atoms with Crippen molar-refractivity contribution in [3.05, 3.63) is 60.1 Å². The van der Waals surface area contributed by atoms with Crippen molar-refractivity contribution in [3.8, 4) is 11.5 Å². The van der Waals surface area contributed by atoms with E-state index in [1.807, 2.05) is 50.8 Å². The Kier molecular flexibility index (Phi) is 5.26. The average Bonchev–Trinajstić information content (AvgIpc) is 3.43. The van der Waals surface area contributed by atoms with Gasteiger partial charge in [0.05, 0.1) is 11.4 Å². The molecule has 3 unspecified atom stereocenters. The van der Waals surface area contributed by atoms with Crippen LogP contribution in [0.25, 0.3) is 5.57 Å². The number of likely N-dealkylation sites (N-methyl/N-ethyl adjacent to an activating group) is 1. The van der Waals surface area contributed by atoms with Crippen LogP contribution in [0.4, 0.5) is 0 Å². The van der Waals surface area contributed by atoms with Crippen LogP contribution in [0.5, 0.6) is 11.5 Å². The lowest BCUT2D eigenvalue weighted by atomic mass is 9.97. The number of nitrogens with one attached hydrogen (secondary N) is 1. The molecule has 2 aromatic rings.